The van der Waals surface area contributed by atoms with Crippen LogP contribution in [0.15, 0.2) is 12.2 Å². The summed E-state index contributed by atoms with van der Waals surface area (Å²) in [4.78, 5) is 0. The summed E-state index contributed by atoms with van der Waals surface area (Å²) in [5.74, 6) is 0.779. The van der Waals surface area contributed by atoms with Crippen LogP contribution in [0.4, 0.5) is 0 Å². The molecule has 0 saturated heterocycles. The lowest BCUT2D eigenvalue weighted by atomic mass is 10.1. The fourth-order valence-corrected chi connectivity index (χ4v) is 1.33. The van der Waals surface area contributed by atoms with E-state index < -0.39 is 0 Å². The molecule has 0 aliphatic carbocycles. The van der Waals surface area contributed by atoms with Gasteiger partial charge in [0.25, 0.3) is 0 Å². The molecule has 0 aromatic rings. The standard InChI is InChI=1S/C12H25NO/c1-5-6-12(4)9-13-7-8-14-10-11(2)3/h12-13H,2,5-10H2,1,3-4H3. The molecule has 0 heterocycles. The van der Waals surface area contributed by atoms with Crippen LogP contribution < -0.4 is 5.32 Å². The van der Waals surface area contributed by atoms with Crippen LogP contribution in [0.5, 0.6) is 0 Å². The minimum atomic E-state index is 0.687. The van der Waals surface area contributed by atoms with Crippen molar-refractivity contribution in [2.24, 2.45) is 5.92 Å². The summed E-state index contributed by atoms with van der Waals surface area (Å²) in [5.41, 5.74) is 1.09. The zero-order valence-corrected chi connectivity index (χ0v) is 9.94. The van der Waals surface area contributed by atoms with Crippen molar-refractivity contribution in [1.82, 2.24) is 5.32 Å². The Kier molecular flexibility index (Phi) is 9.00. The molecule has 0 saturated carbocycles. The average Bonchev–Trinajstić information content (AvgIpc) is 2.11. The van der Waals surface area contributed by atoms with E-state index in [-0.39, 0.29) is 0 Å². The van der Waals surface area contributed by atoms with E-state index in [1.54, 1.807) is 0 Å². The highest BCUT2D eigenvalue weighted by molar-refractivity contribution is 4.87. The topological polar surface area (TPSA) is 21.3 Å². The van der Waals surface area contributed by atoms with Gasteiger partial charge in [0.15, 0.2) is 0 Å². The van der Waals surface area contributed by atoms with Crippen molar-refractivity contribution in [1.29, 1.82) is 0 Å². The van der Waals surface area contributed by atoms with Crippen molar-refractivity contribution in [3.05, 3.63) is 12.2 Å². The predicted octanol–water partition coefficient (Wildman–Crippen LogP) is 2.60. The fourth-order valence-electron chi connectivity index (χ4n) is 1.33. The molecule has 1 unspecified atom stereocenters. The Bertz CT molecular complexity index is 145. The Hall–Kier alpha value is -0.340. The van der Waals surface area contributed by atoms with Gasteiger partial charge >= 0.3 is 0 Å². The summed E-state index contributed by atoms with van der Waals surface area (Å²) in [7, 11) is 0. The molecule has 14 heavy (non-hydrogen) atoms. The molecule has 0 amide bonds. The van der Waals surface area contributed by atoms with Crippen LogP contribution in [0, 0.1) is 5.92 Å². The molecule has 0 aliphatic heterocycles. The Morgan fingerprint density at radius 3 is 2.79 bits per heavy atom. The highest BCUT2D eigenvalue weighted by atomic mass is 16.5. The molecule has 84 valence electrons. The van der Waals surface area contributed by atoms with Crippen LogP contribution >= 0.6 is 0 Å². The molecule has 0 aromatic heterocycles. The van der Waals surface area contributed by atoms with E-state index in [4.69, 9.17) is 4.74 Å². The summed E-state index contributed by atoms with van der Waals surface area (Å²) >= 11 is 0. The summed E-state index contributed by atoms with van der Waals surface area (Å²) < 4.78 is 5.37. The van der Waals surface area contributed by atoms with E-state index in [1.807, 2.05) is 6.92 Å². The van der Waals surface area contributed by atoms with Crippen LogP contribution in [0.2, 0.25) is 0 Å². The zero-order chi connectivity index (χ0) is 10.8. The van der Waals surface area contributed by atoms with Gasteiger partial charge in [-0.25, -0.2) is 0 Å². The molecule has 1 N–H and O–H groups in total. The van der Waals surface area contributed by atoms with Crippen molar-refractivity contribution in [3.63, 3.8) is 0 Å². The molecule has 0 aliphatic rings. The Morgan fingerprint density at radius 1 is 1.50 bits per heavy atom. The summed E-state index contributed by atoms with van der Waals surface area (Å²) in [6, 6.07) is 0. The Balaban J connectivity index is 3.09. The molecule has 0 fully saturated rings. The second kappa shape index (κ2) is 9.22. The number of rotatable bonds is 9. The second-order valence-electron chi connectivity index (χ2n) is 4.11. The molecule has 1 atom stereocenters. The predicted molar refractivity (Wildman–Crippen MR) is 62.6 cm³/mol. The maximum Gasteiger partial charge on any atom is 0.0672 e. The highest BCUT2D eigenvalue weighted by Gasteiger charge is 1.98. The third kappa shape index (κ3) is 9.75. The van der Waals surface area contributed by atoms with Crippen LogP contribution in [-0.4, -0.2) is 26.3 Å². The molecule has 2 nitrogen and oxygen atoms in total. The third-order valence-electron chi connectivity index (χ3n) is 2.05. The van der Waals surface area contributed by atoms with E-state index in [2.05, 4.69) is 25.7 Å². The fraction of sp³-hybridized carbons (Fsp3) is 0.833. The maximum absolute atomic E-state index is 5.37. The van der Waals surface area contributed by atoms with Crippen molar-refractivity contribution >= 4 is 0 Å². The lowest BCUT2D eigenvalue weighted by Gasteiger charge is -2.11. The lowest BCUT2D eigenvalue weighted by Crippen LogP contribution is -2.25. The summed E-state index contributed by atoms with van der Waals surface area (Å²) in [5, 5.41) is 3.39. The molecule has 0 spiro atoms. The monoisotopic (exact) mass is 199 g/mol. The molecule has 0 bridgehead atoms. The number of ether oxygens (including phenoxy) is 1. The van der Waals surface area contributed by atoms with Gasteiger partial charge in [0.05, 0.1) is 13.2 Å². The van der Waals surface area contributed by atoms with E-state index in [0.717, 1.165) is 31.2 Å². The first-order valence-corrected chi connectivity index (χ1v) is 5.59. The van der Waals surface area contributed by atoms with Crippen LogP contribution in [-0.2, 0) is 4.74 Å². The van der Waals surface area contributed by atoms with E-state index >= 15 is 0 Å². The molecule has 2 heteroatoms. The van der Waals surface area contributed by atoms with E-state index in [9.17, 15) is 0 Å². The van der Waals surface area contributed by atoms with E-state index in [1.165, 1.54) is 12.8 Å². The first kappa shape index (κ1) is 13.7. The first-order valence-electron chi connectivity index (χ1n) is 5.59. The molecule has 0 aromatic carbocycles. The highest BCUT2D eigenvalue weighted by Crippen LogP contribution is 2.02. The molecular formula is C12H25NO. The lowest BCUT2D eigenvalue weighted by molar-refractivity contribution is 0.157. The van der Waals surface area contributed by atoms with Crippen molar-refractivity contribution in [3.8, 4) is 0 Å². The van der Waals surface area contributed by atoms with Crippen LogP contribution in [0.1, 0.15) is 33.6 Å². The minimum Gasteiger partial charge on any atom is -0.376 e. The molecule has 0 radical (unpaired) electrons. The zero-order valence-electron chi connectivity index (χ0n) is 9.94. The molecule has 0 rings (SSSR count). The first-order chi connectivity index (χ1) is 6.66. The van der Waals surface area contributed by atoms with Crippen molar-refractivity contribution < 1.29 is 4.74 Å². The molecular weight excluding hydrogens is 174 g/mol. The Labute approximate surface area is 88.7 Å². The third-order valence-corrected chi connectivity index (χ3v) is 2.05. The largest absolute Gasteiger partial charge is 0.376 e. The Morgan fingerprint density at radius 2 is 2.21 bits per heavy atom. The van der Waals surface area contributed by atoms with Gasteiger partial charge in [-0.2, -0.15) is 0 Å². The smallest absolute Gasteiger partial charge is 0.0672 e. The number of hydrogen-bond donors (Lipinski definition) is 1. The normalized spacial score (nSPS) is 12.8. The van der Waals surface area contributed by atoms with Crippen molar-refractivity contribution in [2.45, 2.75) is 33.6 Å². The summed E-state index contributed by atoms with van der Waals surface area (Å²) in [6.45, 7) is 13.8. The number of nitrogens with one attached hydrogen (secondary N) is 1. The minimum absolute atomic E-state index is 0.687. The van der Waals surface area contributed by atoms with Gasteiger partial charge in [0.2, 0.25) is 0 Å². The van der Waals surface area contributed by atoms with Gasteiger partial charge in [-0.05, 0) is 25.8 Å². The van der Waals surface area contributed by atoms with Gasteiger partial charge in [0.1, 0.15) is 0 Å². The van der Waals surface area contributed by atoms with Gasteiger partial charge < -0.3 is 10.1 Å². The SMILES string of the molecule is C=C(C)COCCNCC(C)CCC. The number of hydrogen-bond acceptors (Lipinski definition) is 2. The van der Waals surface area contributed by atoms with Crippen LogP contribution in [0.3, 0.4) is 0 Å². The van der Waals surface area contributed by atoms with Gasteiger partial charge in [-0.1, -0.05) is 32.4 Å². The quantitative estimate of drug-likeness (QED) is 0.455. The van der Waals surface area contributed by atoms with E-state index in [0.29, 0.717) is 6.61 Å². The maximum atomic E-state index is 5.37. The second-order valence-corrected chi connectivity index (χ2v) is 4.11. The van der Waals surface area contributed by atoms with Gasteiger partial charge in [0, 0.05) is 6.54 Å². The van der Waals surface area contributed by atoms with Gasteiger partial charge in [-0.15, -0.1) is 0 Å². The van der Waals surface area contributed by atoms with Crippen LogP contribution in [0.25, 0.3) is 0 Å². The van der Waals surface area contributed by atoms with Crippen molar-refractivity contribution in [2.75, 3.05) is 26.3 Å². The average molecular weight is 199 g/mol. The van der Waals surface area contributed by atoms with Gasteiger partial charge in [-0.3, -0.25) is 0 Å². The summed E-state index contributed by atoms with van der Waals surface area (Å²) in [6.07, 6.45) is 2.58.